The summed E-state index contributed by atoms with van der Waals surface area (Å²) in [6.45, 7) is 2.52. The van der Waals surface area contributed by atoms with Crippen molar-refractivity contribution in [3.05, 3.63) is 51.3 Å². The minimum absolute atomic E-state index is 0.118. The number of thiophene rings is 1. The highest BCUT2D eigenvalue weighted by atomic mass is 32.1. The Labute approximate surface area is 177 Å². The van der Waals surface area contributed by atoms with E-state index >= 15 is 0 Å². The molecule has 0 unspecified atom stereocenters. The van der Waals surface area contributed by atoms with Crippen LogP contribution in [0.3, 0.4) is 0 Å². The summed E-state index contributed by atoms with van der Waals surface area (Å²) in [7, 11) is 1.58. The summed E-state index contributed by atoms with van der Waals surface area (Å²) in [4.78, 5) is 27.0. The summed E-state index contributed by atoms with van der Waals surface area (Å²) >= 11 is 1.44. The molecule has 0 bridgehead atoms. The van der Waals surface area contributed by atoms with Gasteiger partial charge in [0.05, 0.1) is 12.2 Å². The zero-order valence-electron chi connectivity index (χ0n) is 16.9. The highest BCUT2D eigenvalue weighted by Crippen LogP contribution is 2.38. The van der Waals surface area contributed by atoms with Crippen LogP contribution in [0.25, 0.3) is 11.0 Å². The average molecular weight is 431 g/mol. The Morgan fingerprint density at radius 1 is 1.23 bits per heavy atom. The molecule has 6 nitrogen and oxygen atoms in total. The molecular weight excluding hydrogens is 407 g/mol. The molecule has 0 aliphatic heterocycles. The number of fused-ring (bicyclic) bond motifs is 2. The first-order valence-electron chi connectivity index (χ1n) is 9.91. The predicted octanol–water partition coefficient (Wildman–Crippen LogP) is 4.45. The molecule has 30 heavy (non-hydrogen) atoms. The van der Waals surface area contributed by atoms with Gasteiger partial charge in [0.25, 0.3) is 11.8 Å². The molecule has 158 valence electrons. The standard InChI is InChI=1S/C22H23FN2O4S/c1-12-15-11-13(23)7-8-16(15)29-19(12)21(27)25-22-18(20(26)24-9-10-28-2)14-5-3-4-6-17(14)30-22/h7-8,11H,3-6,9-10H2,1-2H3,(H,24,26)(H,25,27). The zero-order valence-corrected chi connectivity index (χ0v) is 17.7. The lowest BCUT2D eigenvalue weighted by atomic mass is 9.95. The number of rotatable bonds is 6. The maximum absolute atomic E-state index is 13.6. The van der Waals surface area contributed by atoms with Gasteiger partial charge < -0.3 is 19.8 Å². The maximum Gasteiger partial charge on any atom is 0.292 e. The summed E-state index contributed by atoms with van der Waals surface area (Å²) in [6, 6.07) is 4.15. The van der Waals surface area contributed by atoms with Crippen LogP contribution in [0.15, 0.2) is 22.6 Å². The van der Waals surface area contributed by atoms with Gasteiger partial charge in [-0.1, -0.05) is 0 Å². The predicted molar refractivity (Wildman–Crippen MR) is 114 cm³/mol. The van der Waals surface area contributed by atoms with Crippen molar-refractivity contribution in [2.24, 2.45) is 0 Å². The van der Waals surface area contributed by atoms with E-state index in [-0.39, 0.29) is 17.5 Å². The van der Waals surface area contributed by atoms with Crippen LogP contribution in [0.1, 0.15) is 49.8 Å². The largest absolute Gasteiger partial charge is 0.451 e. The molecule has 0 spiro atoms. The van der Waals surface area contributed by atoms with E-state index in [4.69, 9.17) is 9.15 Å². The Kier molecular flexibility index (Phi) is 5.87. The molecule has 0 saturated heterocycles. The molecule has 0 fully saturated rings. The lowest BCUT2D eigenvalue weighted by molar-refractivity contribution is 0.0937. The molecular formula is C22H23FN2O4S. The van der Waals surface area contributed by atoms with E-state index in [0.717, 1.165) is 36.1 Å². The number of nitrogens with one attached hydrogen (secondary N) is 2. The first-order valence-corrected chi connectivity index (χ1v) is 10.7. The molecule has 8 heteroatoms. The Balaban J connectivity index is 1.65. The fourth-order valence-electron chi connectivity index (χ4n) is 3.82. The molecule has 1 aliphatic carbocycles. The third-order valence-electron chi connectivity index (χ3n) is 5.32. The van der Waals surface area contributed by atoms with E-state index in [1.165, 1.54) is 29.5 Å². The van der Waals surface area contributed by atoms with E-state index < -0.39 is 5.91 Å². The van der Waals surface area contributed by atoms with Crippen LogP contribution in [0, 0.1) is 12.7 Å². The number of furan rings is 1. The van der Waals surface area contributed by atoms with Crippen LogP contribution in [0.4, 0.5) is 9.39 Å². The number of anilines is 1. The van der Waals surface area contributed by atoms with Gasteiger partial charge in [-0.3, -0.25) is 9.59 Å². The van der Waals surface area contributed by atoms with Crippen LogP contribution in [0.5, 0.6) is 0 Å². The number of hydrogen-bond donors (Lipinski definition) is 2. The number of hydrogen-bond acceptors (Lipinski definition) is 5. The fraction of sp³-hybridized carbons (Fsp3) is 0.364. The number of ether oxygens (including phenoxy) is 1. The van der Waals surface area contributed by atoms with Crippen molar-refractivity contribution < 1.29 is 23.1 Å². The lowest BCUT2D eigenvalue weighted by Gasteiger charge is -2.13. The molecule has 2 heterocycles. The zero-order chi connectivity index (χ0) is 21.3. The average Bonchev–Trinajstić information content (AvgIpc) is 3.25. The second kappa shape index (κ2) is 8.57. The first kappa shape index (κ1) is 20.6. The molecule has 0 atom stereocenters. The molecule has 1 aromatic carbocycles. The third-order valence-corrected chi connectivity index (χ3v) is 6.53. The van der Waals surface area contributed by atoms with Gasteiger partial charge in [0.1, 0.15) is 16.4 Å². The lowest BCUT2D eigenvalue weighted by Crippen LogP contribution is -2.28. The van der Waals surface area contributed by atoms with E-state index in [1.54, 1.807) is 14.0 Å². The van der Waals surface area contributed by atoms with Gasteiger partial charge in [0.2, 0.25) is 0 Å². The molecule has 0 radical (unpaired) electrons. The summed E-state index contributed by atoms with van der Waals surface area (Å²) in [5.74, 6) is -0.939. The molecule has 2 amide bonds. The van der Waals surface area contributed by atoms with Crippen molar-refractivity contribution in [1.29, 1.82) is 0 Å². The van der Waals surface area contributed by atoms with Crippen LogP contribution < -0.4 is 10.6 Å². The monoisotopic (exact) mass is 430 g/mol. The van der Waals surface area contributed by atoms with Gasteiger partial charge in [-0.05, 0) is 56.4 Å². The van der Waals surface area contributed by atoms with Crippen molar-refractivity contribution in [3.8, 4) is 0 Å². The quantitative estimate of drug-likeness (QED) is 0.566. The number of methoxy groups -OCH3 is 1. The Morgan fingerprint density at radius 3 is 2.83 bits per heavy atom. The smallest absolute Gasteiger partial charge is 0.292 e. The van der Waals surface area contributed by atoms with Crippen LogP contribution in [-0.4, -0.2) is 32.1 Å². The summed E-state index contributed by atoms with van der Waals surface area (Å²) in [5.41, 5.74) is 2.55. The van der Waals surface area contributed by atoms with E-state index in [9.17, 15) is 14.0 Å². The second-order valence-electron chi connectivity index (χ2n) is 7.31. The molecule has 0 saturated carbocycles. The van der Waals surface area contributed by atoms with Crippen molar-refractivity contribution in [1.82, 2.24) is 5.32 Å². The highest BCUT2D eigenvalue weighted by molar-refractivity contribution is 7.17. The fourth-order valence-corrected chi connectivity index (χ4v) is 5.10. The third kappa shape index (κ3) is 3.85. The maximum atomic E-state index is 13.6. The summed E-state index contributed by atoms with van der Waals surface area (Å²) < 4.78 is 24.3. The normalized spacial score (nSPS) is 13.3. The SMILES string of the molecule is COCCNC(=O)c1c(NC(=O)c2oc3ccc(F)cc3c2C)sc2c1CCCC2. The topological polar surface area (TPSA) is 80.6 Å². The van der Waals surface area contributed by atoms with E-state index in [1.807, 2.05) is 0 Å². The minimum Gasteiger partial charge on any atom is -0.451 e. The number of carbonyl (C=O) groups is 2. The number of carbonyl (C=O) groups excluding carboxylic acids is 2. The van der Waals surface area contributed by atoms with Crippen LogP contribution in [-0.2, 0) is 17.6 Å². The van der Waals surface area contributed by atoms with Crippen molar-refractivity contribution in [3.63, 3.8) is 0 Å². The number of amides is 2. The molecule has 4 rings (SSSR count). The van der Waals surface area contributed by atoms with E-state index in [0.29, 0.717) is 40.2 Å². The second-order valence-corrected chi connectivity index (χ2v) is 8.42. The van der Waals surface area contributed by atoms with Crippen molar-refractivity contribution in [2.75, 3.05) is 25.6 Å². The Bertz CT molecular complexity index is 1120. The molecule has 2 N–H and O–H groups in total. The highest BCUT2D eigenvalue weighted by Gasteiger charge is 2.27. The van der Waals surface area contributed by atoms with Crippen molar-refractivity contribution in [2.45, 2.75) is 32.6 Å². The van der Waals surface area contributed by atoms with Gasteiger partial charge in [-0.15, -0.1) is 11.3 Å². The Morgan fingerprint density at radius 2 is 2.03 bits per heavy atom. The molecule has 3 aromatic rings. The number of benzene rings is 1. The van der Waals surface area contributed by atoms with Gasteiger partial charge in [0, 0.05) is 29.5 Å². The van der Waals surface area contributed by atoms with Gasteiger partial charge >= 0.3 is 0 Å². The van der Waals surface area contributed by atoms with Gasteiger partial charge in [0.15, 0.2) is 5.76 Å². The summed E-state index contributed by atoms with van der Waals surface area (Å²) in [6.07, 6.45) is 3.80. The number of halogens is 1. The van der Waals surface area contributed by atoms with Gasteiger partial charge in [-0.25, -0.2) is 4.39 Å². The molecule has 1 aliphatic rings. The minimum atomic E-state index is -0.450. The molecule has 2 aromatic heterocycles. The van der Waals surface area contributed by atoms with E-state index in [2.05, 4.69) is 10.6 Å². The summed E-state index contributed by atoms with van der Waals surface area (Å²) in [5, 5.41) is 6.81. The first-order chi connectivity index (χ1) is 14.5. The van der Waals surface area contributed by atoms with Crippen LogP contribution in [0.2, 0.25) is 0 Å². The van der Waals surface area contributed by atoms with Crippen LogP contribution >= 0.6 is 11.3 Å². The van der Waals surface area contributed by atoms with Gasteiger partial charge in [-0.2, -0.15) is 0 Å². The Hall–Kier alpha value is -2.71. The number of aryl methyl sites for hydroxylation is 2. The van der Waals surface area contributed by atoms with Crippen molar-refractivity contribution >= 4 is 39.1 Å².